The Bertz CT molecular complexity index is 733. The second-order valence-corrected chi connectivity index (χ2v) is 17.8. The van der Waals surface area contributed by atoms with E-state index in [0.29, 0.717) is 0 Å². The van der Waals surface area contributed by atoms with Gasteiger partial charge in [-0.1, -0.05) is 0 Å². The van der Waals surface area contributed by atoms with Gasteiger partial charge >= 0.3 is 198 Å². The summed E-state index contributed by atoms with van der Waals surface area (Å²) in [4.78, 5) is 0. The molecule has 0 bridgehead atoms. The van der Waals surface area contributed by atoms with Crippen LogP contribution >= 0.6 is 14.2 Å². The van der Waals surface area contributed by atoms with Crippen molar-refractivity contribution in [2.45, 2.75) is 79.1 Å². The first-order chi connectivity index (χ1) is 15.5. The summed E-state index contributed by atoms with van der Waals surface area (Å²) >= 11 is 0. The molecule has 0 aliphatic rings. The average molecular weight is 477 g/mol. The van der Waals surface area contributed by atoms with Crippen LogP contribution in [0.5, 0.6) is 0 Å². The van der Waals surface area contributed by atoms with Crippen molar-refractivity contribution in [3.05, 3.63) is 60.7 Å². The summed E-state index contributed by atoms with van der Waals surface area (Å²) in [5.74, 6) is 0. The Kier molecular flexibility index (Phi) is 11.2. The van der Waals surface area contributed by atoms with Crippen LogP contribution in [-0.2, 0) is 8.88 Å². The van der Waals surface area contributed by atoms with E-state index in [4.69, 9.17) is 4.31 Å². The van der Waals surface area contributed by atoms with Crippen molar-refractivity contribution >= 4 is 24.8 Å². The normalized spacial score (nSPS) is 13.6. The summed E-state index contributed by atoms with van der Waals surface area (Å²) in [5.41, 5.74) is 0. The zero-order chi connectivity index (χ0) is 23.4. The zero-order valence-electron chi connectivity index (χ0n) is 21.0. The van der Waals surface area contributed by atoms with Gasteiger partial charge in [0.2, 0.25) is 0 Å². The van der Waals surface area contributed by atoms with Crippen LogP contribution in [0.25, 0.3) is 0 Å². The van der Waals surface area contributed by atoms with Crippen LogP contribution in [0.4, 0.5) is 0 Å². The summed E-state index contributed by atoms with van der Waals surface area (Å²) in [6.07, 6.45) is 13.8. The van der Waals surface area contributed by atoms with Gasteiger partial charge in [0.1, 0.15) is 0 Å². The maximum atomic E-state index is 15.1. The Morgan fingerprint density at radius 2 is 0.906 bits per heavy atom. The molecule has 0 aliphatic heterocycles. The average Bonchev–Trinajstić information content (AvgIpc) is 2.85. The van der Waals surface area contributed by atoms with Crippen LogP contribution in [0.1, 0.15) is 79.1 Å². The summed E-state index contributed by atoms with van der Waals surface area (Å²) in [6, 6.07) is 20.0. The van der Waals surface area contributed by atoms with Gasteiger partial charge in [-0.15, -0.1) is 0 Å². The van der Waals surface area contributed by atoms with Crippen molar-refractivity contribution in [3.8, 4) is 0 Å². The van der Waals surface area contributed by atoms with E-state index < -0.39 is 14.2 Å². The first-order valence-corrected chi connectivity index (χ1v) is 17.4. The first-order valence-electron chi connectivity index (χ1n) is 12.9. The molecule has 0 heterocycles. The van der Waals surface area contributed by atoms with Gasteiger partial charge in [0.15, 0.2) is 0 Å². The van der Waals surface area contributed by atoms with Crippen LogP contribution in [0, 0.1) is 0 Å². The quantitative estimate of drug-likeness (QED) is 0.227. The van der Waals surface area contributed by atoms with E-state index in [1.807, 2.05) is 60.7 Å². The molecule has 0 amide bonds. The van der Waals surface area contributed by atoms with E-state index >= 15 is 4.57 Å². The molecule has 0 saturated heterocycles. The number of hydrogen-bond donors (Lipinski definition) is 0. The molecule has 0 aromatic heterocycles. The molecule has 0 N–H and O–H groups in total. The Balaban J connectivity index is 2.73. The molecule has 2 nitrogen and oxygen atoms in total. The predicted octanol–water partition coefficient (Wildman–Crippen LogP) is 8.60. The van der Waals surface area contributed by atoms with Crippen molar-refractivity contribution < 1.29 is 8.88 Å². The van der Waals surface area contributed by atoms with Gasteiger partial charge in [0, 0.05) is 0 Å². The van der Waals surface area contributed by atoms with E-state index in [0.717, 1.165) is 60.9 Å². The molecule has 180 valence electrons. The van der Waals surface area contributed by atoms with Crippen LogP contribution in [0.3, 0.4) is 0 Å². The van der Waals surface area contributed by atoms with Gasteiger partial charge in [-0.3, -0.25) is 0 Å². The Hall–Kier alpha value is -0.940. The third-order valence-corrected chi connectivity index (χ3v) is 17.4. The molecule has 2 aromatic rings. The van der Waals surface area contributed by atoms with Gasteiger partial charge in [0.25, 0.3) is 0 Å². The molecule has 0 unspecified atom stereocenters. The van der Waals surface area contributed by atoms with E-state index in [1.165, 1.54) is 25.7 Å². The van der Waals surface area contributed by atoms with E-state index in [1.54, 1.807) is 0 Å². The standard InChI is InChI=1S/C28H46O2P2/c1-5-9-23-32(24-10-6-2,25-11-7-3,26-12-8-4)30-31(29,27-19-15-13-16-20-27)28-21-17-14-18-22-28/h13-22H,5-12,23-26H2,1-4H3. The second kappa shape index (κ2) is 13.1. The molecule has 32 heavy (non-hydrogen) atoms. The van der Waals surface area contributed by atoms with Crippen LogP contribution in [-0.4, -0.2) is 24.6 Å². The van der Waals surface area contributed by atoms with Crippen molar-refractivity contribution in [1.29, 1.82) is 0 Å². The number of rotatable bonds is 16. The summed E-state index contributed by atoms with van der Waals surface area (Å²) < 4.78 is 22.6. The second-order valence-electron chi connectivity index (χ2n) is 9.47. The fraction of sp³-hybridized carbons (Fsp3) is 0.571. The van der Waals surface area contributed by atoms with Gasteiger partial charge in [0.05, 0.1) is 0 Å². The molecular weight excluding hydrogens is 430 g/mol. The van der Waals surface area contributed by atoms with Crippen LogP contribution in [0.2, 0.25) is 0 Å². The molecule has 0 spiro atoms. The fourth-order valence-electron chi connectivity index (χ4n) is 4.88. The van der Waals surface area contributed by atoms with Gasteiger partial charge in [-0.2, -0.15) is 0 Å². The van der Waals surface area contributed by atoms with Crippen molar-refractivity contribution in [3.63, 3.8) is 0 Å². The summed E-state index contributed by atoms with van der Waals surface area (Å²) in [7, 11) is -3.21. The Morgan fingerprint density at radius 3 is 1.19 bits per heavy atom. The summed E-state index contributed by atoms with van der Waals surface area (Å²) in [6.45, 7) is 6.41. The number of benzene rings is 2. The van der Waals surface area contributed by atoms with Crippen molar-refractivity contribution in [2.75, 3.05) is 24.6 Å². The topological polar surface area (TPSA) is 26.3 Å². The summed E-state index contributed by atoms with van der Waals surface area (Å²) in [5, 5.41) is 1.70. The monoisotopic (exact) mass is 476 g/mol. The van der Waals surface area contributed by atoms with Gasteiger partial charge in [-0.25, -0.2) is 0 Å². The zero-order valence-corrected chi connectivity index (χ0v) is 22.8. The minimum atomic E-state index is -3.21. The number of hydrogen-bond acceptors (Lipinski definition) is 2. The fourth-order valence-corrected chi connectivity index (χ4v) is 16.8. The third-order valence-electron chi connectivity index (χ3n) is 6.85. The Morgan fingerprint density at radius 1 is 0.594 bits per heavy atom. The SMILES string of the molecule is CCCCP(CCCC)(CCCC)(CCCC)OP(=O)(c1ccccc1)c1ccccc1. The molecule has 0 radical (unpaired) electrons. The molecule has 2 aromatic carbocycles. The van der Waals surface area contributed by atoms with Crippen LogP contribution < -0.4 is 10.6 Å². The molecule has 0 fully saturated rings. The molecule has 0 saturated carbocycles. The van der Waals surface area contributed by atoms with E-state index in [2.05, 4.69) is 27.7 Å². The Labute approximate surface area is 198 Å². The van der Waals surface area contributed by atoms with Gasteiger partial charge in [-0.05, 0) is 0 Å². The van der Waals surface area contributed by atoms with Crippen molar-refractivity contribution in [1.82, 2.24) is 0 Å². The van der Waals surface area contributed by atoms with Crippen molar-refractivity contribution in [2.24, 2.45) is 0 Å². The molecular formula is C28H46O2P2. The first kappa shape index (κ1) is 27.3. The third kappa shape index (κ3) is 6.79. The van der Waals surface area contributed by atoms with Crippen LogP contribution in [0.15, 0.2) is 60.7 Å². The van der Waals surface area contributed by atoms with E-state index in [-0.39, 0.29) is 0 Å². The predicted molar refractivity (Wildman–Crippen MR) is 147 cm³/mol. The van der Waals surface area contributed by atoms with E-state index in [9.17, 15) is 0 Å². The number of unbranched alkanes of at least 4 members (excludes halogenated alkanes) is 4. The molecule has 0 atom stereocenters. The molecule has 2 rings (SSSR count). The maximum absolute atomic E-state index is 15.1. The minimum absolute atomic E-state index is 0.848. The van der Waals surface area contributed by atoms with Gasteiger partial charge < -0.3 is 0 Å². The molecule has 4 heteroatoms. The molecule has 0 aliphatic carbocycles.